The molecule has 3 heterocycles. The number of pyridine rings is 1. The molecular weight excluding hydrogens is 530 g/mol. The molecule has 2 aromatic heterocycles. The first-order valence-electron chi connectivity index (χ1n) is 15.3. The summed E-state index contributed by atoms with van der Waals surface area (Å²) in [5.41, 5.74) is 4.66. The lowest BCUT2D eigenvalue weighted by Crippen LogP contribution is -2.43. The molecule has 1 N–H and O–H groups in total. The second-order valence-electron chi connectivity index (χ2n) is 13.4. The molecule has 1 amide bonds. The summed E-state index contributed by atoms with van der Waals surface area (Å²) in [7, 11) is -1.88. The minimum Gasteiger partial charge on any atom is -0.465 e. The molecule has 1 aliphatic carbocycles. The molecule has 0 saturated carbocycles. The van der Waals surface area contributed by atoms with Gasteiger partial charge in [0.25, 0.3) is 0 Å². The summed E-state index contributed by atoms with van der Waals surface area (Å²) in [5.74, 6) is 1.30. The number of amides is 1. The number of aromatic nitrogens is 3. The number of hydrogen-bond donors (Lipinski definition) is 1. The van der Waals surface area contributed by atoms with Gasteiger partial charge in [-0.15, -0.1) is 0 Å². The highest BCUT2D eigenvalue weighted by Crippen LogP contribution is 2.37. The maximum Gasteiger partial charge on any atom is 0.407 e. The molecule has 1 fully saturated rings. The molecular formula is C32H47N5O3Si. The minimum atomic E-state index is -1.88. The van der Waals surface area contributed by atoms with Crippen LogP contribution in [-0.2, 0) is 23.9 Å². The molecule has 5 rings (SSSR count). The lowest BCUT2D eigenvalue weighted by Gasteiger charge is -2.39. The second-order valence-corrected chi connectivity index (χ2v) is 18.2. The van der Waals surface area contributed by atoms with Crippen LogP contribution in [0.5, 0.6) is 0 Å². The van der Waals surface area contributed by atoms with Gasteiger partial charge in [0, 0.05) is 39.0 Å². The van der Waals surface area contributed by atoms with Crippen molar-refractivity contribution in [3.63, 3.8) is 0 Å². The van der Waals surface area contributed by atoms with E-state index in [4.69, 9.17) is 14.4 Å². The summed E-state index contributed by atoms with van der Waals surface area (Å²) in [6.45, 7) is 15.7. The maximum absolute atomic E-state index is 11.7. The number of carboxylic acid groups (broad SMARTS) is 1. The molecule has 41 heavy (non-hydrogen) atoms. The fourth-order valence-electron chi connectivity index (χ4n) is 6.20. The van der Waals surface area contributed by atoms with E-state index in [2.05, 4.69) is 73.7 Å². The van der Waals surface area contributed by atoms with Gasteiger partial charge in [-0.1, -0.05) is 39.0 Å². The number of hydrogen-bond acceptors (Lipinski definition) is 5. The van der Waals surface area contributed by atoms with Gasteiger partial charge in [-0.2, -0.15) is 0 Å². The summed E-state index contributed by atoms with van der Waals surface area (Å²) in [5, 5.41) is 9.79. The molecule has 2 atom stereocenters. The summed E-state index contributed by atoms with van der Waals surface area (Å²) in [4.78, 5) is 25.9. The Morgan fingerprint density at radius 2 is 1.95 bits per heavy atom. The lowest BCUT2D eigenvalue weighted by atomic mass is 9.91. The van der Waals surface area contributed by atoms with Crippen molar-refractivity contribution in [2.75, 3.05) is 26.2 Å². The highest BCUT2D eigenvalue weighted by molar-refractivity contribution is 6.74. The fraction of sp³-hybridized carbons (Fsp3) is 0.594. The molecule has 8 nitrogen and oxygen atoms in total. The summed E-state index contributed by atoms with van der Waals surface area (Å²) >= 11 is 0. The molecule has 9 heteroatoms. The van der Waals surface area contributed by atoms with Gasteiger partial charge in [-0.05, 0) is 79.9 Å². The van der Waals surface area contributed by atoms with Crippen LogP contribution in [0.3, 0.4) is 0 Å². The number of fused-ring (bicyclic) bond motifs is 2. The molecule has 222 valence electrons. The van der Waals surface area contributed by atoms with Crippen LogP contribution in [0.2, 0.25) is 18.1 Å². The molecule has 0 bridgehead atoms. The Balaban J connectivity index is 1.45. The van der Waals surface area contributed by atoms with Crippen molar-refractivity contribution in [1.29, 1.82) is 0 Å². The standard InChI is InChI=1S/C32H47N5O3Si/c1-32(2,3)41(4,5)40-20-19-35(28-16-8-12-25-13-9-17-33-30(25)28)23-29-34-26-14-6-7-15-27(26)37(29)22-24-11-10-18-36(21-24)31(38)39/h6-7,9,13-15,17,24,28H,8,10-12,16,18-23H2,1-5H3,(H,38,39)/t24-,28-/m0/s1. The zero-order chi connectivity index (χ0) is 29.2. The van der Waals surface area contributed by atoms with E-state index in [-0.39, 0.29) is 17.0 Å². The number of likely N-dealkylation sites (tertiary alicyclic amines) is 1. The van der Waals surface area contributed by atoms with Crippen LogP contribution in [0.1, 0.15) is 69.6 Å². The molecule has 0 spiro atoms. The third-order valence-electron chi connectivity index (χ3n) is 9.56. The third kappa shape index (κ3) is 6.68. The van der Waals surface area contributed by atoms with Gasteiger partial charge in [-0.25, -0.2) is 9.78 Å². The van der Waals surface area contributed by atoms with Crippen molar-refractivity contribution in [3.05, 3.63) is 59.7 Å². The van der Waals surface area contributed by atoms with Crippen molar-refractivity contribution >= 4 is 25.4 Å². The van der Waals surface area contributed by atoms with Gasteiger partial charge in [-0.3, -0.25) is 9.88 Å². The number of aryl methyl sites for hydroxylation is 1. The largest absolute Gasteiger partial charge is 0.465 e. The van der Waals surface area contributed by atoms with Gasteiger partial charge < -0.3 is 19.0 Å². The van der Waals surface area contributed by atoms with E-state index in [1.807, 2.05) is 12.3 Å². The maximum atomic E-state index is 11.7. The molecule has 1 aliphatic heterocycles. The first-order chi connectivity index (χ1) is 19.5. The van der Waals surface area contributed by atoms with Crippen LogP contribution < -0.4 is 0 Å². The van der Waals surface area contributed by atoms with Crippen LogP contribution in [0.25, 0.3) is 11.0 Å². The molecule has 1 saturated heterocycles. The zero-order valence-electron chi connectivity index (χ0n) is 25.5. The zero-order valence-corrected chi connectivity index (χ0v) is 26.5. The number of rotatable bonds is 9. The number of piperidine rings is 1. The molecule has 3 aromatic rings. The van der Waals surface area contributed by atoms with E-state index in [1.165, 1.54) is 11.3 Å². The Labute approximate surface area is 245 Å². The molecule has 0 radical (unpaired) electrons. The van der Waals surface area contributed by atoms with Crippen molar-refractivity contribution < 1.29 is 14.3 Å². The van der Waals surface area contributed by atoms with Gasteiger partial charge in [0.15, 0.2) is 8.32 Å². The van der Waals surface area contributed by atoms with E-state index in [1.54, 1.807) is 4.90 Å². The van der Waals surface area contributed by atoms with E-state index in [0.717, 1.165) is 62.1 Å². The van der Waals surface area contributed by atoms with Crippen LogP contribution >= 0.6 is 0 Å². The number of nitrogens with zero attached hydrogens (tertiary/aromatic N) is 5. The Hall–Kier alpha value is -2.75. The van der Waals surface area contributed by atoms with Gasteiger partial charge in [0.1, 0.15) is 5.82 Å². The van der Waals surface area contributed by atoms with Crippen molar-refractivity contribution in [1.82, 2.24) is 24.3 Å². The quantitative estimate of drug-likeness (QED) is 0.284. The Morgan fingerprint density at radius 3 is 2.73 bits per heavy atom. The van der Waals surface area contributed by atoms with Crippen molar-refractivity contribution in [2.24, 2.45) is 5.92 Å². The minimum absolute atomic E-state index is 0.161. The lowest BCUT2D eigenvalue weighted by molar-refractivity contribution is 0.114. The Kier molecular flexibility index (Phi) is 8.87. The number of imidazole rings is 1. The average molecular weight is 578 g/mol. The van der Waals surface area contributed by atoms with Crippen LogP contribution in [0.15, 0.2) is 42.6 Å². The first kappa shape index (κ1) is 29.7. The van der Waals surface area contributed by atoms with Gasteiger partial charge in [0.2, 0.25) is 0 Å². The predicted molar refractivity (Wildman–Crippen MR) is 166 cm³/mol. The highest BCUT2D eigenvalue weighted by Gasteiger charge is 2.37. The molecule has 2 aliphatic rings. The summed E-state index contributed by atoms with van der Waals surface area (Å²) < 4.78 is 9.03. The van der Waals surface area contributed by atoms with E-state index >= 15 is 0 Å². The predicted octanol–water partition coefficient (Wildman–Crippen LogP) is 6.72. The summed E-state index contributed by atoms with van der Waals surface area (Å²) in [6.07, 6.45) is 6.33. The smallest absolute Gasteiger partial charge is 0.407 e. The molecule has 1 aromatic carbocycles. The number of para-hydroxylation sites is 2. The molecule has 0 unspecified atom stereocenters. The fourth-order valence-corrected chi connectivity index (χ4v) is 7.23. The topological polar surface area (TPSA) is 83.7 Å². The number of benzene rings is 1. The monoisotopic (exact) mass is 577 g/mol. The van der Waals surface area contributed by atoms with Crippen LogP contribution in [0.4, 0.5) is 4.79 Å². The summed E-state index contributed by atoms with van der Waals surface area (Å²) in [6, 6.07) is 12.8. The van der Waals surface area contributed by atoms with Gasteiger partial charge in [0.05, 0.1) is 29.3 Å². The third-order valence-corrected chi connectivity index (χ3v) is 14.1. The van der Waals surface area contributed by atoms with Crippen molar-refractivity contribution in [3.8, 4) is 0 Å². The number of carbonyl (C=O) groups is 1. The van der Waals surface area contributed by atoms with E-state index < -0.39 is 14.4 Å². The second kappa shape index (κ2) is 12.2. The Morgan fingerprint density at radius 1 is 1.15 bits per heavy atom. The first-order valence-corrected chi connectivity index (χ1v) is 18.2. The van der Waals surface area contributed by atoms with Crippen LogP contribution in [0, 0.1) is 5.92 Å². The van der Waals surface area contributed by atoms with Crippen molar-refractivity contribution in [2.45, 2.75) is 90.1 Å². The van der Waals surface area contributed by atoms with Gasteiger partial charge >= 0.3 is 6.09 Å². The average Bonchev–Trinajstić information content (AvgIpc) is 3.28. The SMILES string of the molecule is CC(C)(C)[Si](C)(C)OCCN(Cc1nc2ccccc2n1C[C@H]1CCCN(C(=O)O)C1)[C@H]1CCCc2cccnc21. The van der Waals surface area contributed by atoms with E-state index in [9.17, 15) is 9.90 Å². The van der Waals surface area contributed by atoms with E-state index in [0.29, 0.717) is 26.2 Å². The van der Waals surface area contributed by atoms with Crippen LogP contribution in [-0.4, -0.2) is 70.1 Å². The highest BCUT2D eigenvalue weighted by atomic mass is 28.4. The normalized spacial score (nSPS) is 20.0. The Bertz CT molecular complexity index is 1350.